The summed E-state index contributed by atoms with van der Waals surface area (Å²) in [6.07, 6.45) is 2.50. The van der Waals surface area contributed by atoms with Gasteiger partial charge in [0.2, 0.25) is 0 Å². The molecule has 1 aliphatic rings. The highest BCUT2D eigenvalue weighted by molar-refractivity contribution is 7.10. The predicted molar refractivity (Wildman–Crippen MR) is 53.6 cm³/mol. The second-order valence-electron chi connectivity index (χ2n) is 3.50. The van der Waals surface area contributed by atoms with Crippen LogP contribution in [0.2, 0.25) is 0 Å². The van der Waals surface area contributed by atoms with E-state index in [4.69, 9.17) is 5.73 Å². The molecule has 2 rings (SSSR count). The lowest BCUT2D eigenvalue weighted by atomic mass is 10.1. The molecule has 0 radical (unpaired) electrons. The number of hydrogen-bond donors (Lipinski definition) is 1. The maximum absolute atomic E-state index is 5.63. The van der Waals surface area contributed by atoms with Gasteiger partial charge in [-0.05, 0) is 48.2 Å². The summed E-state index contributed by atoms with van der Waals surface area (Å²) in [5.74, 6) is 1.60. The van der Waals surface area contributed by atoms with Crippen LogP contribution in [-0.2, 0) is 6.42 Å². The minimum Gasteiger partial charge on any atom is -0.330 e. The zero-order valence-electron chi connectivity index (χ0n) is 7.42. The first-order valence-electron chi connectivity index (χ1n) is 4.63. The van der Waals surface area contributed by atoms with Crippen LogP contribution in [0.4, 0.5) is 0 Å². The molecule has 1 saturated carbocycles. The molecule has 2 atom stereocenters. The van der Waals surface area contributed by atoms with E-state index in [0.717, 1.165) is 18.4 Å². The molecule has 2 N–H and O–H groups in total. The molecule has 1 fully saturated rings. The van der Waals surface area contributed by atoms with E-state index >= 15 is 0 Å². The van der Waals surface area contributed by atoms with E-state index in [2.05, 4.69) is 18.4 Å². The highest BCUT2D eigenvalue weighted by atomic mass is 32.1. The van der Waals surface area contributed by atoms with Crippen LogP contribution in [-0.4, -0.2) is 6.54 Å². The average molecular weight is 181 g/mol. The van der Waals surface area contributed by atoms with Crippen molar-refractivity contribution in [2.45, 2.75) is 25.7 Å². The Morgan fingerprint density at radius 1 is 1.67 bits per heavy atom. The van der Waals surface area contributed by atoms with Gasteiger partial charge in [0, 0.05) is 4.88 Å². The molecule has 0 aliphatic heterocycles. The van der Waals surface area contributed by atoms with Gasteiger partial charge in [0.15, 0.2) is 0 Å². The van der Waals surface area contributed by atoms with E-state index in [9.17, 15) is 0 Å². The predicted octanol–water partition coefficient (Wildman–Crippen LogP) is 2.37. The Morgan fingerprint density at radius 2 is 2.50 bits per heavy atom. The van der Waals surface area contributed by atoms with Crippen LogP contribution in [0.25, 0.3) is 0 Å². The quantitative estimate of drug-likeness (QED) is 0.761. The third-order valence-electron chi connectivity index (χ3n) is 2.72. The van der Waals surface area contributed by atoms with E-state index < -0.39 is 0 Å². The maximum Gasteiger partial charge on any atom is 0.0111 e. The fourth-order valence-electron chi connectivity index (χ4n) is 1.79. The first kappa shape index (κ1) is 8.27. The van der Waals surface area contributed by atoms with Crippen LogP contribution in [0.3, 0.4) is 0 Å². The lowest BCUT2D eigenvalue weighted by Crippen LogP contribution is -2.01. The van der Waals surface area contributed by atoms with Gasteiger partial charge in [-0.25, -0.2) is 0 Å². The Hall–Kier alpha value is -0.340. The molecule has 2 unspecified atom stereocenters. The average Bonchev–Trinajstić information content (AvgIpc) is 2.74. The van der Waals surface area contributed by atoms with Crippen LogP contribution in [0, 0.1) is 5.92 Å². The summed E-state index contributed by atoms with van der Waals surface area (Å²) in [5, 5.41) is 2.21. The smallest absolute Gasteiger partial charge is 0.0111 e. The molecule has 0 amide bonds. The van der Waals surface area contributed by atoms with Crippen molar-refractivity contribution in [3.8, 4) is 0 Å². The molecule has 0 spiro atoms. The molecule has 1 nitrogen and oxygen atoms in total. The Kier molecular flexibility index (Phi) is 2.20. The number of hydrogen-bond acceptors (Lipinski definition) is 2. The Bertz CT molecular complexity index is 267. The lowest BCUT2D eigenvalue weighted by Gasteiger charge is -1.98. The van der Waals surface area contributed by atoms with E-state index in [1.807, 2.05) is 11.3 Å². The summed E-state index contributed by atoms with van der Waals surface area (Å²) < 4.78 is 0. The summed E-state index contributed by atoms with van der Waals surface area (Å²) in [6, 6.07) is 2.26. The third-order valence-corrected chi connectivity index (χ3v) is 3.81. The van der Waals surface area contributed by atoms with Crippen molar-refractivity contribution in [3.05, 3.63) is 21.9 Å². The Morgan fingerprint density at radius 3 is 3.08 bits per heavy atom. The van der Waals surface area contributed by atoms with Gasteiger partial charge in [0.25, 0.3) is 0 Å². The second-order valence-corrected chi connectivity index (χ2v) is 4.45. The van der Waals surface area contributed by atoms with Crippen molar-refractivity contribution in [3.63, 3.8) is 0 Å². The zero-order valence-corrected chi connectivity index (χ0v) is 8.23. The van der Waals surface area contributed by atoms with Crippen LogP contribution in [0.15, 0.2) is 11.4 Å². The standard InChI is InChI=1S/C10H15NS/c1-2-7-3-4-12-10(7)9-5-8(9)6-11/h3-4,8-9H,2,5-6,11H2,1H3. The van der Waals surface area contributed by atoms with E-state index in [1.165, 1.54) is 12.8 Å². The van der Waals surface area contributed by atoms with Crippen molar-refractivity contribution in [1.82, 2.24) is 0 Å². The molecule has 1 aromatic rings. The van der Waals surface area contributed by atoms with Gasteiger partial charge in [-0.3, -0.25) is 0 Å². The topological polar surface area (TPSA) is 26.0 Å². The third kappa shape index (κ3) is 1.29. The highest BCUT2D eigenvalue weighted by Gasteiger charge is 2.38. The monoisotopic (exact) mass is 181 g/mol. The molecule has 66 valence electrons. The van der Waals surface area contributed by atoms with Gasteiger partial charge >= 0.3 is 0 Å². The molecule has 2 heteroatoms. The van der Waals surface area contributed by atoms with Crippen LogP contribution in [0.1, 0.15) is 29.7 Å². The molecular formula is C10H15NS. The second kappa shape index (κ2) is 3.19. The van der Waals surface area contributed by atoms with E-state index in [1.54, 1.807) is 10.4 Å². The first-order valence-corrected chi connectivity index (χ1v) is 5.51. The number of aryl methyl sites for hydroxylation is 1. The van der Waals surface area contributed by atoms with Crippen molar-refractivity contribution >= 4 is 11.3 Å². The fraction of sp³-hybridized carbons (Fsp3) is 0.600. The molecule has 1 heterocycles. The van der Waals surface area contributed by atoms with Crippen molar-refractivity contribution < 1.29 is 0 Å². The van der Waals surface area contributed by atoms with Crippen LogP contribution < -0.4 is 5.73 Å². The van der Waals surface area contributed by atoms with Crippen molar-refractivity contribution in [1.29, 1.82) is 0 Å². The van der Waals surface area contributed by atoms with Gasteiger partial charge < -0.3 is 5.73 Å². The molecule has 1 aliphatic carbocycles. The Labute approximate surface area is 77.6 Å². The number of nitrogens with two attached hydrogens (primary N) is 1. The van der Waals surface area contributed by atoms with Gasteiger partial charge in [-0.2, -0.15) is 0 Å². The van der Waals surface area contributed by atoms with Crippen molar-refractivity contribution in [2.24, 2.45) is 11.7 Å². The molecule has 0 saturated heterocycles. The molecular weight excluding hydrogens is 166 g/mol. The van der Waals surface area contributed by atoms with Gasteiger partial charge in [0.05, 0.1) is 0 Å². The summed E-state index contributed by atoms with van der Waals surface area (Å²) in [4.78, 5) is 1.60. The van der Waals surface area contributed by atoms with Gasteiger partial charge in [0.1, 0.15) is 0 Å². The van der Waals surface area contributed by atoms with Crippen molar-refractivity contribution in [2.75, 3.05) is 6.54 Å². The summed E-state index contributed by atoms with van der Waals surface area (Å²) in [5.41, 5.74) is 7.17. The van der Waals surface area contributed by atoms with Crippen LogP contribution >= 0.6 is 11.3 Å². The molecule has 0 aromatic carbocycles. The SMILES string of the molecule is CCc1ccsc1C1CC1CN. The number of thiophene rings is 1. The number of rotatable bonds is 3. The Balaban J connectivity index is 2.13. The van der Waals surface area contributed by atoms with E-state index in [-0.39, 0.29) is 0 Å². The van der Waals surface area contributed by atoms with Gasteiger partial charge in [-0.1, -0.05) is 6.92 Å². The summed E-state index contributed by atoms with van der Waals surface area (Å²) in [7, 11) is 0. The molecule has 1 aromatic heterocycles. The first-order chi connectivity index (χ1) is 5.86. The molecule has 12 heavy (non-hydrogen) atoms. The fourth-order valence-corrected chi connectivity index (χ4v) is 3.00. The zero-order chi connectivity index (χ0) is 8.55. The minimum absolute atomic E-state index is 0.786. The largest absolute Gasteiger partial charge is 0.330 e. The maximum atomic E-state index is 5.63. The molecule has 0 bridgehead atoms. The summed E-state index contributed by atoms with van der Waals surface area (Å²) in [6.45, 7) is 3.09. The normalized spacial score (nSPS) is 27.5. The van der Waals surface area contributed by atoms with Crippen LogP contribution in [0.5, 0.6) is 0 Å². The lowest BCUT2D eigenvalue weighted by molar-refractivity contribution is 0.811. The highest BCUT2D eigenvalue weighted by Crippen LogP contribution is 2.49. The summed E-state index contributed by atoms with van der Waals surface area (Å²) >= 11 is 1.91. The minimum atomic E-state index is 0.786. The van der Waals surface area contributed by atoms with E-state index in [0.29, 0.717) is 0 Å². The van der Waals surface area contributed by atoms with Gasteiger partial charge in [-0.15, -0.1) is 11.3 Å².